The van der Waals surface area contributed by atoms with Crippen LogP contribution in [0.15, 0.2) is 18.2 Å². The Morgan fingerprint density at radius 2 is 2.25 bits per heavy atom. The molecular formula is C13H17FO2. The van der Waals surface area contributed by atoms with Gasteiger partial charge < -0.3 is 9.84 Å². The molecule has 1 unspecified atom stereocenters. The van der Waals surface area contributed by atoms with Gasteiger partial charge in [-0.3, -0.25) is 0 Å². The summed E-state index contributed by atoms with van der Waals surface area (Å²) in [6, 6.07) is 4.87. The highest BCUT2D eigenvalue weighted by molar-refractivity contribution is 5.29. The third kappa shape index (κ3) is 2.73. The zero-order valence-electron chi connectivity index (χ0n) is 9.45. The summed E-state index contributed by atoms with van der Waals surface area (Å²) in [5.41, 5.74) is 0.653. The van der Waals surface area contributed by atoms with Crippen LogP contribution in [0.3, 0.4) is 0 Å². The minimum absolute atomic E-state index is 0.248. The van der Waals surface area contributed by atoms with E-state index in [4.69, 9.17) is 4.74 Å². The Labute approximate surface area is 95.1 Å². The number of aliphatic hydroxyl groups is 1. The van der Waals surface area contributed by atoms with Gasteiger partial charge in [0, 0.05) is 6.07 Å². The Hall–Kier alpha value is -1.09. The molecule has 1 atom stereocenters. The molecule has 0 radical (unpaired) electrons. The van der Waals surface area contributed by atoms with Gasteiger partial charge in [0.1, 0.15) is 11.6 Å². The van der Waals surface area contributed by atoms with Crippen LogP contribution < -0.4 is 4.74 Å². The fraction of sp³-hybridized carbons (Fsp3) is 0.538. The summed E-state index contributed by atoms with van der Waals surface area (Å²) in [5, 5.41) is 9.69. The topological polar surface area (TPSA) is 29.5 Å². The van der Waals surface area contributed by atoms with E-state index in [0.29, 0.717) is 30.1 Å². The molecule has 3 heteroatoms. The molecule has 2 rings (SSSR count). The third-order valence-electron chi connectivity index (χ3n) is 3.14. The van der Waals surface area contributed by atoms with Crippen molar-refractivity contribution in [3.63, 3.8) is 0 Å². The first-order valence-corrected chi connectivity index (χ1v) is 5.71. The number of halogens is 1. The smallest absolute Gasteiger partial charge is 0.130 e. The highest BCUT2D eigenvalue weighted by atomic mass is 19.1. The van der Waals surface area contributed by atoms with E-state index in [2.05, 4.69) is 0 Å². The quantitative estimate of drug-likeness (QED) is 0.832. The van der Waals surface area contributed by atoms with Crippen molar-refractivity contribution in [3.8, 4) is 5.75 Å². The number of benzene rings is 1. The van der Waals surface area contributed by atoms with Crippen LogP contribution in [0.25, 0.3) is 0 Å². The van der Waals surface area contributed by atoms with Gasteiger partial charge in [-0.25, -0.2) is 4.39 Å². The SMILES string of the molecule is COc1ccc(CCC(O)C2CC2)c(F)c1. The van der Waals surface area contributed by atoms with E-state index in [-0.39, 0.29) is 11.9 Å². The molecule has 1 aromatic carbocycles. The lowest BCUT2D eigenvalue weighted by Gasteiger charge is -2.10. The zero-order valence-corrected chi connectivity index (χ0v) is 9.45. The lowest BCUT2D eigenvalue weighted by Crippen LogP contribution is -2.10. The van der Waals surface area contributed by atoms with Crippen molar-refractivity contribution in [2.75, 3.05) is 7.11 Å². The Balaban J connectivity index is 1.92. The summed E-state index contributed by atoms with van der Waals surface area (Å²) in [6.07, 6.45) is 3.21. The zero-order chi connectivity index (χ0) is 11.5. The van der Waals surface area contributed by atoms with Crippen molar-refractivity contribution >= 4 is 0 Å². The maximum atomic E-state index is 13.5. The number of aliphatic hydroxyl groups excluding tert-OH is 1. The number of ether oxygens (including phenoxy) is 1. The van der Waals surface area contributed by atoms with E-state index < -0.39 is 0 Å². The van der Waals surface area contributed by atoms with E-state index in [0.717, 1.165) is 12.8 Å². The molecule has 0 aliphatic heterocycles. The summed E-state index contributed by atoms with van der Waals surface area (Å²) >= 11 is 0. The van der Waals surface area contributed by atoms with Gasteiger partial charge in [-0.2, -0.15) is 0 Å². The van der Waals surface area contributed by atoms with E-state index in [1.807, 2.05) is 0 Å². The summed E-state index contributed by atoms with van der Waals surface area (Å²) in [4.78, 5) is 0. The van der Waals surface area contributed by atoms with Crippen LogP contribution in [0, 0.1) is 11.7 Å². The van der Waals surface area contributed by atoms with E-state index in [9.17, 15) is 9.50 Å². The standard InChI is InChI=1S/C13H17FO2/c1-16-11-6-4-9(12(14)8-11)5-7-13(15)10-2-3-10/h4,6,8,10,13,15H,2-3,5,7H2,1H3. The maximum absolute atomic E-state index is 13.5. The molecule has 1 aliphatic rings. The average molecular weight is 224 g/mol. The van der Waals surface area contributed by atoms with Gasteiger partial charge in [0.25, 0.3) is 0 Å². The van der Waals surface area contributed by atoms with E-state index in [1.54, 1.807) is 12.1 Å². The number of hydrogen-bond acceptors (Lipinski definition) is 2. The predicted molar refractivity (Wildman–Crippen MR) is 60.0 cm³/mol. The van der Waals surface area contributed by atoms with Gasteiger partial charge in [0.15, 0.2) is 0 Å². The summed E-state index contributed by atoms with van der Waals surface area (Å²) in [6.45, 7) is 0. The van der Waals surface area contributed by atoms with Gasteiger partial charge in [-0.05, 0) is 43.2 Å². The van der Waals surface area contributed by atoms with Gasteiger partial charge in [-0.15, -0.1) is 0 Å². The van der Waals surface area contributed by atoms with Crippen LogP contribution >= 0.6 is 0 Å². The predicted octanol–water partition coefficient (Wildman–Crippen LogP) is 2.54. The van der Waals surface area contributed by atoms with Crippen molar-refractivity contribution < 1.29 is 14.2 Å². The molecule has 0 saturated heterocycles. The van der Waals surface area contributed by atoms with Crippen molar-refractivity contribution in [3.05, 3.63) is 29.6 Å². The molecule has 1 N–H and O–H groups in total. The Kier molecular flexibility index (Phi) is 3.44. The maximum Gasteiger partial charge on any atom is 0.130 e. The second kappa shape index (κ2) is 4.83. The van der Waals surface area contributed by atoms with Crippen LogP contribution in [0.2, 0.25) is 0 Å². The van der Waals surface area contributed by atoms with Gasteiger partial charge in [0.2, 0.25) is 0 Å². The number of rotatable bonds is 5. The van der Waals surface area contributed by atoms with Gasteiger partial charge in [-0.1, -0.05) is 6.07 Å². The first kappa shape index (κ1) is 11.4. The molecule has 0 spiro atoms. The van der Waals surface area contributed by atoms with Crippen molar-refractivity contribution in [2.24, 2.45) is 5.92 Å². The lowest BCUT2D eigenvalue weighted by molar-refractivity contribution is 0.141. The second-order valence-corrected chi connectivity index (χ2v) is 4.40. The fourth-order valence-corrected chi connectivity index (χ4v) is 1.88. The Bertz CT molecular complexity index is 361. The third-order valence-corrected chi connectivity index (χ3v) is 3.14. The first-order chi connectivity index (χ1) is 7.70. The average Bonchev–Trinajstić information content (AvgIpc) is 3.10. The minimum atomic E-state index is -0.262. The van der Waals surface area contributed by atoms with Crippen molar-refractivity contribution in [1.29, 1.82) is 0 Å². The molecule has 0 bridgehead atoms. The molecule has 1 fully saturated rings. The molecule has 1 aromatic rings. The molecular weight excluding hydrogens is 207 g/mol. The van der Waals surface area contributed by atoms with Crippen LogP contribution in [-0.4, -0.2) is 18.3 Å². The van der Waals surface area contributed by atoms with Gasteiger partial charge in [0.05, 0.1) is 13.2 Å². The first-order valence-electron chi connectivity index (χ1n) is 5.71. The highest BCUT2D eigenvalue weighted by Gasteiger charge is 2.29. The van der Waals surface area contributed by atoms with Crippen LogP contribution in [-0.2, 0) is 6.42 Å². The molecule has 0 amide bonds. The van der Waals surface area contributed by atoms with Crippen LogP contribution in [0.1, 0.15) is 24.8 Å². The van der Waals surface area contributed by atoms with Crippen molar-refractivity contribution in [1.82, 2.24) is 0 Å². The highest BCUT2D eigenvalue weighted by Crippen LogP contribution is 2.34. The normalized spacial score (nSPS) is 17.2. The number of hydrogen-bond donors (Lipinski definition) is 1. The Morgan fingerprint density at radius 1 is 1.50 bits per heavy atom. The molecule has 16 heavy (non-hydrogen) atoms. The van der Waals surface area contributed by atoms with E-state index >= 15 is 0 Å². The second-order valence-electron chi connectivity index (χ2n) is 4.40. The van der Waals surface area contributed by atoms with Crippen molar-refractivity contribution in [2.45, 2.75) is 31.8 Å². The summed E-state index contributed by atoms with van der Waals surface area (Å²) in [5.74, 6) is 0.743. The lowest BCUT2D eigenvalue weighted by atomic mass is 10.0. The summed E-state index contributed by atoms with van der Waals surface area (Å²) in [7, 11) is 1.52. The number of aryl methyl sites for hydroxylation is 1. The molecule has 0 aromatic heterocycles. The van der Waals surface area contributed by atoms with E-state index in [1.165, 1.54) is 13.2 Å². The molecule has 1 aliphatic carbocycles. The molecule has 0 heterocycles. The summed E-state index contributed by atoms with van der Waals surface area (Å²) < 4.78 is 18.5. The van der Waals surface area contributed by atoms with Crippen LogP contribution in [0.5, 0.6) is 5.75 Å². The molecule has 2 nitrogen and oxygen atoms in total. The minimum Gasteiger partial charge on any atom is -0.497 e. The van der Waals surface area contributed by atoms with Crippen LogP contribution in [0.4, 0.5) is 4.39 Å². The Morgan fingerprint density at radius 3 is 2.81 bits per heavy atom. The van der Waals surface area contributed by atoms with Gasteiger partial charge >= 0.3 is 0 Å². The number of methoxy groups -OCH3 is 1. The molecule has 1 saturated carbocycles. The fourth-order valence-electron chi connectivity index (χ4n) is 1.88. The monoisotopic (exact) mass is 224 g/mol. The largest absolute Gasteiger partial charge is 0.497 e. The molecule has 88 valence electrons.